The summed E-state index contributed by atoms with van der Waals surface area (Å²) in [6.45, 7) is -0.807. The van der Waals surface area contributed by atoms with Gasteiger partial charge in [-0.25, -0.2) is 13.9 Å². The number of aliphatic hydroxyl groups is 2. The number of aliphatic hydroxyl groups excluding tert-OH is 2. The molecular formula is C24H23Cl2F4N5O3. The maximum atomic E-state index is 15.7. The van der Waals surface area contributed by atoms with Crippen LogP contribution in [0.3, 0.4) is 0 Å². The van der Waals surface area contributed by atoms with E-state index in [4.69, 9.17) is 28.3 Å². The van der Waals surface area contributed by atoms with Crippen LogP contribution in [0.15, 0.2) is 42.6 Å². The maximum Gasteiger partial charge on any atom is 0.435 e. The summed E-state index contributed by atoms with van der Waals surface area (Å²) in [7, 11) is 0. The molecule has 8 nitrogen and oxygen atoms in total. The Morgan fingerprint density at radius 1 is 1.18 bits per heavy atom. The molecule has 14 heteroatoms. The zero-order valence-electron chi connectivity index (χ0n) is 19.7. The van der Waals surface area contributed by atoms with Crippen molar-refractivity contribution in [1.82, 2.24) is 25.0 Å². The Balaban J connectivity index is 1.43. The second-order valence-corrected chi connectivity index (χ2v) is 9.66. The zero-order valence-corrected chi connectivity index (χ0v) is 21.2. The highest BCUT2D eigenvalue weighted by Crippen LogP contribution is 2.40. The van der Waals surface area contributed by atoms with Crippen molar-refractivity contribution >= 4 is 29.2 Å². The lowest BCUT2D eigenvalue weighted by Crippen LogP contribution is -2.47. The number of pyridine rings is 1. The Hall–Kier alpha value is -2.93. The van der Waals surface area contributed by atoms with E-state index in [1.54, 1.807) is 12.1 Å². The van der Waals surface area contributed by atoms with Crippen molar-refractivity contribution in [2.75, 3.05) is 19.7 Å². The van der Waals surface area contributed by atoms with E-state index in [2.05, 4.69) is 15.4 Å². The summed E-state index contributed by atoms with van der Waals surface area (Å²) < 4.78 is 56.7. The predicted molar refractivity (Wildman–Crippen MR) is 131 cm³/mol. The molecule has 2 aromatic heterocycles. The van der Waals surface area contributed by atoms with Crippen LogP contribution in [0.1, 0.15) is 41.6 Å². The number of urea groups is 1. The van der Waals surface area contributed by atoms with Gasteiger partial charge in [-0.3, -0.25) is 4.98 Å². The van der Waals surface area contributed by atoms with Crippen LogP contribution in [0.25, 0.3) is 5.69 Å². The fourth-order valence-corrected chi connectivity index (χ4v) is 4.69. The highest BCUT2D eigenvalue weighted by molar-refractivity contribution is 6.31. The molecule has 3 heterocycles. The number of hydrogen-bond donors (Lipinski definition) is 3. The second-order valence-electron chi connectivity index (χ2n) is 8.82. The van der Waals surface area contributed by atoms with Crippen LogP contribution in [-0.2, 0) is 18.4 Å². The average molecular weight is 576 g/mol. The van der Waals surface area contributed by atoms with E-state index in [9.17, 15) is 23.1 Å². The van der Waals surface area contributed by atoms with Crippen LogP contribution in [0.2, 0.25) is 10.0 Å². The minimum absolute atomic E-state index is 0.00269. The molecule has 1 fully saturated rings. The Bertz CT molecular complexity index is 1310. The molecule has 0 radical (unpaired) electrons. The van der Waals surface area contributed by atoms with Crippen molar-refractivity contribution in [3.8, 4) is 5.69 Å². The zero-order chi connectivity index (χ0) is 27.7. The van der Waals surface area contributed by atoms with E-state index in [-0.39, 0.29) is 54.4 Å². The predicted octanol–water partition coefficient (Wildman–Crippen LogP) is 4.79. The van der Waals surface area contributed by atoms with Crippen LogP contribution >= 0.6 is 23.2 Å². The van der Waals surface area contributed by atoms with Crippen molar-refractivity contribution in [1.29, 1.82) is 0 Å². The number of rotatable bonds is 6. The first-order chi connectivity index (χ1) is 17.9. The molecular weight excluding hydrogens is 553 g/mol. The fourth-order valence-electron chi connectivity index (χ4n) is 4.16. The summed E-state index contributed by atoms with van der Waals surface area (Å²) in [5.41, 5.74) is -2.47. The van der Waals surface area contributed by atoms with Gasteiger partial charge in [0.15, 0.2) is 11.4 Å². The van der Waals surface area contributed by atoms with Crippen molar-refractivity contribution in [2.24, 2.45) is 0 Å². The third kappa shape index (κ3) is 6.04. The summed E-state index contributed by atoms with van der Waals surface area (Å²) in [6.07, 6.45) is -4.89. The van der Waals surface area contributed by atoms with Gasteiger partial charge >= 0.3 is 12.2 Å². The molecule has 0 bridgehead atoms. The minimum atomic E-state index is -4.69. The highest BCUT2D eigenvalue weighted by Gasteiger charge is 2.41. The molecule has 0 aliphatic carbocycles. The normalized spacial score (nSPS) is 16.4. The number of carbonyl (C=O) groups excluding carboxylic acids is 1. The topological polar surface area (TPSA) is 104 Å². The summed E-state index contributed by atoms with van der Waals surface area (Å²) in [4.78, 5) is 18.2. The van der Waals surface area contributed by atoms with Crippen LogP contribution in [-0.4, -0.2) is 55.6 Å². The number of halogens is 6. The standard InChI is InChI=1S/C24H23Cl2F4N5O3/c25-15-2-1-3-16(9-15)35-17(10-20(33-35)24(28,29)30)12-32-22(38)34-6-4-23(27,5-7-34)21-18(26)8-14(11-31-21)19(37)13-36/h1-3,8-11,19,36-37H,4-7,12-13H2,(H,32,38)/t19-/m1/s1. The Kier molecular flexibility index (Phi) is 8.17. The minimum Gasteiger partial charge on any atom is -0.393 e. The molecule has 3 N–H and O–H groups in total. The lowest BCUT2D eigenvalue weighted by atomic mass is 9.89. The van der Waals surface area contributed by atoms with Gasteiger partial charge < -0.3 is 20.4 Å². The van der Waals surface area contributed by atoms with Crippen LogP contribution in [0, 0.1) is 0 Å². The SMILES string of the molecule is O=C(NCc1cc(C(F)(F)F)nn1-c1cccc(Cl)c1)N1CCC(F)(c2ncc([C@H](O)CO)cc2Cl)CC1. The third-order valence-corrected chi connectivity index (χ3v) is 6.76. The Morgan fingerprint density at radius 2 is 1.89 bits per heavy atom. The quantitative estimate of drug-likeness (QED) is 0.367. The van der Waals surface area contributed by atoms with Crippen LogP contribution in [0.5, 0.6) is 0 Å². The second kappa shape index (κ2) is 11.0. The van der Waals surface area contributed by atoms with E-state index in [1.165, 1.54) is 29.3 Å². The molecule has 204 valence electrons. The molecule has 1 aliphatic heterocycles. The lowest BCUT2D eigenvalue weighted by Gasteiger charge is -2.36. The van der Waals surface area contributed by atoms with E-state index in [1.807, 2.05) is 0 Å². The summed E-state index contributed by atoms with van der Waals surface area (Å²) in [6, 6.07) is 7.71. The molecule has 3 aromatic rings. The van der Waals surface area contributed by atoms with Gasteiger partial charge in [0.05, 0.1) is 35.2 Å². The number of piperidine rings is 1. The summed E-state index contributed by atoms with van der Waals surface area (Å²) in [5.74, 6) is 0. The Morgan fingerprint density at radius 3 is 2.50 bits per heavy atom. The molecule has 1 aromatic carbocycles. The van der Waals surface area contributed by atoms with E-state index < -0.39 is 36.3 Å². The van der Waals surface area contributed by atoms with E-state index in [0.29, 0.717) is 10.7 Å². The molecule has 0 unspecified atom stereocenters. The van der Waals surface area contributed by atoms with E-state index in [0.717, 1.165) is 10.7 Å². The van der Waals surface area contributed by atoms with Gasteiger partial charge in [0.25, 0.3) is 0 Å². The Labute approximate surface area is 224 Å². The fraction of sp³-hybridized carbons (Fsp3) is 0.375. The van der Waals surface area contributed by atoms with Crippen molar-refractivity contribution in [3.05, 3.63) is 75.3 Å². The molecule has 1 saturated heterocycles. The first kappa shape index (κ1) is 28.1. The van der Waals surface area contributed by atoms with Gasteiger partial charge in [0, 0.05) is 42.7 Å². The number of carbonyl (C=O) groups is 1. The number of aromatic nitrogens is 3. The molecule has 0 spiro atoms. The van der Waals surface area contributed by atoms with Gasteiger partial charge in [-0.05, 0) is 30.3 Å². The van der Waals surface area contributed by atoms with Crippen molar-refractivity contribution in [2.45, 2.75) is 37.3 Å². The number of hydrogen-bond acceptors (Lipinski definition) is 5. The molecule has 1 atom stereocenters. The number of alkyl halides is 4. The number of nitrogens with one attached hydrogen (secondary N) is 1. The van der Waals surface area contributed by atoms with Gasteiger partial charge in [0.2, 0.25) is 0 Å². The summed E-state index contributed by atoms with van der Waals surface area (Å²) >= 11 is 12.2. The molecule has 0 saturated carbocycles. The summed E-state index contributed by atoms with van der Waals surface area (Å²) in [5, 5.41) is 25.3. The third-order valence-electron chi connectivity index (χ3n) is 6.23. The molecule has 1 aliphatic rings. The number of amides is 2. The van der Waals surface area contributed by atoms with E-state index >= 15 is 4.39 Å². The van der Waals surface area contributed by atoms with Gasteiger partial charge in [-0.2, -0.15) is 18.3 Å². The molecule has 38 heavy (non-hydrogen) atoms. The lowest BCUT2D eigenvalue weighted by molar-refractivity contribution is -0.141. The first-order valence-corrected chi connectivity index (χ1v) is 12.3. The number of nitrogens with zero attached hydrogens (tertiary/aromatic N) is 4. The average Bonchev–Trinajstić information content (AvgIpc) is 3.32. The van der Waals surface area contributed by atoms with Crippen molar-refractivity contribution in [3.63, 3.8) is 0 Å². The molecule has 2 amide bonds. The number of benzene rings is 1. The molecule has 4 rings (SSSR count). The smallest absolute Gasteiger partial charge is 0.393 e. The first-order valence-electron chi connectivity index (χ1n) is 11.5. The monoisotopic (exact) mass is 575 g/mol. The van der Waals surface area contributed by atoms with Crippen LogP contribution in [0.4, 0.5) is 22.4 Å². The highest BCUT2D eigenvalue weighted by atomic mass is 35.5. The van der Waals surface area contributed by atoms with Crippen LogP contribution < -0.4 is 5.32 Å². The van der Waals surface area contributed by atoms with Crippen molar-refractivity contribution < 1.29 is 32.6 Å². The maximum absolute atomic E-state index is 15.7. The number of likely N-dealkylation sites (tertiary alicyclic amines) is 1. The van der Waals surface area contributed by atoms with Gasteiger partial charge in [0.1, 0.15) is 6.10 Å². The van der Waals surface area contributed by atoms with Gasteiger partial charge in [-0.15, -0.1) is 0 Å². The largest absolute Gasteiger partial charge is 0.435 e. The van der Waals surface area contributed by atoms with Gasteiger partial charge in [-0.1, -0.05) is 29.3 Å².